The molecule has 0 nitrogen and oxygen atoms in total. The van der Waals surface area contributed by atoms with E-state index in [0.717, 1.165) is 11.8 Å². The highest BCUT2D eigenvalue weighted by atomic mass is 14.5. The van der Waals surface area contributed by atoms with E-state index in [-0.39, 0.29) is 0 Å². The van der Waals surface area contributed by atoms with Crippen LogP contribution in [0.5, 0.6) is 0 Å². The number of allylic oxidation sites excluding steroid dienone is 2. The molecule has 2 atom stereocenters. The summed E-state index contributed by atoms with van der Waals surface area (Å²) in [6, 6.07) is 0. The zero-order chi connectivity index (χ0) is 7.35. The van der Waals surface area contributed by atoms with E-state index in [2.05, 4.69) is 26.8 Å². The van der Waals surface area contributed by atoms with E-state index in [1.54, 1.807) is 5.57 Å². The molecule has 0 radical (unpaired) electrons. The number of fused-ring (bicyclic) bond motifs is 1. The van der Waals surface area contributed by atoms with Crippen molar-refractivity contribution in [1.82, 2.24) is 0 Å². The van der Waals surface area contributed by atoms with Gasteiger partial charge < -0.3 is 0 Å². The fraction of sp³-hybridized carbons (Fsp3) is 0.800. The molecule has 0 amide bonds. The van der Waals surface area contributed by atoms with Crippen LogP contribution in [0, 0.1) is 17.3 Å². The van der Waals surface area contributed by atoms with Gasteiger partial charge in [-0.1, -0.05) is 32.4 Å². The normalized spacial score (nSPS) is 42.1. The van der Waals surface area contributed by atoms with E-state index in [9.17, 15) is 0 Å². The summed E-state index contributed by atoms with van der Waals surface area (Å²) in [5.41, 5.74) is 2.37. The Kier molecular flexibility index (Phi) is 1.07. The van der Waals surface area contributed by atoms with Gasteiger partial charge in [0, 0.05) is 0 Å². The number of hydrogen-bond acceptors (Lipinski definition) is 0. The first-order valence-corrected chi connectivity index (χ1v) is 4.34. The maximum absolute atomic E-state index is 2.46. The van der Waals surface area contributed by atoms with Crippen molar-refractivity contribution in [1.29, 1.82) is 0 Å². The van der Waals surface area contributed by atoms with Gasteiger partial charge in [-0.05, 0) is 30.1 Å². The van der Waals surface area contributed by atoms with Crippen LogP contribution < -0.4 is 0 Å². The SMILES string of the molecule is CC1C2=CCCC2C1(C)C. The van der Waals surface area contributed by atoms with Crippen LogP contribution in [0.4, 0.5) is 0 Å². The van der Waals surface area contributed by atoms with Crippen LogP contribution in [0.25, 0.3) is 0 Å². The van der Waals surface area contributed by atoms with Gasteiger partial charge in [0.15, 0.2) is 0 Å². The van der Waals surface area contributed by atoms with Gasteiger partial charge in [-0.25, -0.2) is 0 Å². The first-order chi connectivity index (χ1) is 4.64. The molecule has 0 heterocycles. The third kappa shape index (κ3) is 0.531. The van der Waals surface area contributed by atoms with Gasteiger partial charge in [0.1, 0.15) is 0 Å². The predicted octanol–water partition coefficient (Wildman–Crippen LogP) is 3.00. The van der Waals surface area contributed by atoms with Crippen molar-refractivity contribution >= 4 is 0 Å². The van der Waals surface area contributed by atoms with E-state index < -0.39 is 0 Å². The summed E-state index contributed by atoms with van der Waals surface area (Å²) in [6.45, 7) is 7.18. The summed E-state index contributed by atoms with van der Waals surface area (Å²) >= 11 is 0. The lowest BCUT2D eigenvalue weighted by molar-refractivity contribution is 0.0806. The van der Waals surface area contributed by atoms with Crippen LogP contribution in [0.3, 0.4) is 0 Å². The molecule has 1 fully saturated rings. The molecule has 1 saturated carbocycles. The molecule has 56 valence electrons. The summed E-state index contributed by atoms with van der Waals surface area (Å²) < 4.78 is 0. The Morgan fingerprint density at radius 3 is 2.80 bits per heavy atom. The van der Waals surface area contributed by atoms with Crippen LogP contribution in [-0.4, -0.2) is 0 Å². The highest BCUT2D eigenvalue weighted by Gasteiger charge is 2.50. The van der Waals surface area contributed by atoms with Crippen molar-refractivity contribution in [2.75, 3.05) is 0 Å². The molecule has 0 aliphatic heterocycles. The standard InChI is InChI=1S/C10H16/c1-7-8-5-4-6-9(8)10(7,2)3/h5,7,9H,4,6H2,1-3H3. The van der Waals surface area contributed by atoms with Gasteiger partial charge in [0.05, 0.1) is 0 Å². The van der Waals surface area contributed by atoms with Crippen molar-refractivity contribution in [2.24, 2.45) is 17.3 Å². The second kappa shape index (κ2) is 1.66. The van der Waals surface area contributed by atoms with Crippen molar-refractivity contribution in [3.8, 4) is 0 Å². The minimum absolute atomic E-state index is 0.613. The van der Waals surface area contributed by atoms with Gasteiger partial charge in [0.2, 0.25) is 0 Å². The van der Waals surface area contributed by atoms with Gasteiger partial charge in [-0.15, -0.1) is 0 Å². The fourth-order valence-corrected chi connectivity index (χ4v) is 2.64. The second-order valence-electron chi connectivity index (χ2n) is 4.38. The van der Waals surface area contributed by atoms with Crippen LogP contribution in [0.15, 0.2) is 11.6 Å². The minimum atomic E-state index is 0.613. The molecule has 2 aliphatic carbocycles. The summed E-state index contributed by atoms with van der Waals surface area (Å²) in [4.78, 5) is 0. The average Bonchev–Trinajstić information content (AvgIpc) is 2.31. The lowest BCUT2D eigenvalue weighted by atomic mass is 9.53. The molecule has 2 unspecified atom stereocenters. The molecule has 0 aromatic rings. The summed E-state index contributed by atoms with van der Waals surface area (Å²) in [7, 11) is 0. The van der Waals surface area contributed by atoms with E-state index in [1.807, 2.05) is 0 Å². The van der Waals surface area contributed by atoms with Crippen LogP contribution in [0.2, 0.25) is 0 Å². The fourth-order valence-electron chi connectivity index (χ4n) is 2.64. The quantitative estimate of drug-likeness (QED) is 0.449. The number of rotatable bonds is 0. The molecule has 2 rings (SSSR count). The third-order valence-corrected chi connectivity index (χ3v) is 3.75. The van der Waals surface area contributed by atoms with E-state index in [0.29, 0.717) is 5.41 Å². The smallest absolute Gasteiger partial charge is 0.0140 e. The van der Waals surface area contributed by atoms with Gasteiger partial charge in [-0.3, -0.25) is 0 Å². The molecule has 0 aromatic heterocycles. The Hall–Kier alpha value is -0.260. The van der Waals surface area contributed by atoms with Crippen molar-refractivity contribution < 1.29 is 0 Å². The Bertz CT molecular complexity index is 186. The van der Waals surface area contributed by atoms with Crippen LogP contribution in [0.1, 0.15) is 33.6 Å². The van der Waals surface area contributed by atoms with Gasteiger partial charge in [0.25, 0.3) is 0 Å². The first-order valence-electron chi connectivity index (χ1n) is 4.34. The highest BCUT2D eigenvalue weighted by Crippen LogP contribution is 2.59. The second-order valence-corrected chi connectivity index (χ2v) is 4.38. The molecule has 0 aromatic carbocycles. The first kappa shape index (κ1) is 6.45. The minimum Gasteiger partial charge on any atom is -0.0847 e. The van der Waals surface area contributed by atoms with Gasteiger partial charge >= 0.3 is 0 Å². The largest absolute Gasteiger partial charge is 0.0847 e. The maximum Gasteiger partial charge on any atom is -0.0140 e. The molecule has 0 bridgehead atoms. The van der Waals surface area contributed by atoms with Crippen molar-refractivity contribution in [3.63, 3.8) is 0 Å². The zero-order valence-corrected chi connectivity index (χ0v) is 7.15. The van der Waals surface area contributed by atoms with Gasteiger partial charge in [-0.2, -0.15) is 0 Å². The topological polar surface area (TPSA) is 0 Å². The molecule has 0 spiro atoms. The summed E-state index contributed by atoms with van der Waals surface area (Å²) in [6.07, 6.45) is 5.22. The Balaban J connectivity index is 2.27. The highest BCUT2D eigenvalue weighted by molar-refractivity contribution is 5.30. The lowest BCUT2D eigenvalue weighted by Crippen LogP contribution is -2.43. The predicted molar refractivity (Wildman–Crippen MR) is 43.8 cm³/mol. The molecule has 10 heavy (non-hydrogen) atoms. The monoisotopic (exact) mass is 136 g/mol. The van der Waals surface area contributed by atoms with Crippen molar-refractivity contribution in [2.45, 2.75) is 33.6 Å². The molecule has 0 N–H and O–H groups in total. The summed E-state index contributed by atoms with van der Waals surface area (Å²) in [5.74, 6) is 1.81. The Labute approximate surface area is 63.3 Å². The Morgan fingerprint density at radius 1 is 1.50 bits per heavy atom. The number of hydrogen-bond donors (Lipinski definition) is 0. The Morgan fingerprint density at radius 2 is 2.20 bits per heavy atom. The van der Waals surface area contributed by atoms with E-state index in [1.165, 1.54) is 12.8 Å². The van der Waals surface area contributed by atoms with Crippen molar-refractivity contribution in [3.05, 3.63) is 11.6 Å². The van der Waals surface area contributed by atoms with Crippen LogP contribution >= 0.6 is 0 Å². The van der Waals surface area contributed by atoms with E-state index >= 15 is 0 Å². The molecule has 2 aliphatic rings. The van der Waals surface area contributed by atoms with E-state index in [4.69, 9.17) is 0 Å². The molecular weight excluding hydrogens is 120 g/mol. The lowest BCUT2D eigenvalue weighted by Gasteiger charge is -2.51. The third-order valence-electron chi connectivity index (χ3n) is 3.75. The molecule has 0 saturated heterocycles. The zero-order valence-electron chi connectivity index (χ0n) is 7.15. The summed E-state index contributed by atoms with van der Waals surface area (Å²) in [5, 5.41) is 0. The molecule has 0 heteroatoms. The van der Waals surface area contributed by atoms with Crippen LogP contribution in [-0.2, 0) is 0 Å². The average molecular weight is 136 g/mol. The molecular formula is C10H16. The maximum atomic E-state index is 2.46.